The fourth-order valence-electron chi connectivity index (χ4n) is 3.26. The number of benzene rings is 2. The number of anilines is 1. The molecule has 0 aromatic heterocycles. The average Bonchev–Trinajstić information content (AvgIpc) is 3.03. The van der Waals surface area contributed by atoms with Crippen LogP contribution in [0.25, 0.3) is 0 Å². The number of hydrogen-bond donors (Lipinski definition) is 2. The number of carbonyl (C=O) groups is 1. The maximum atomic E-state index is 12.8. The van der Waals surface area contributed by atoms with Crippen LogP contribution in [-0.4, -0.2) is 36.3 Å². The molecule has 3 rings (SSSR count). The number of rotatable bonds is 5. The van der Waals surface area contributed by atoms with Crippen molar-refractivity contribution in [3.05, 3.63) is 59.7 Å². The number of fused-ring (bicyclic) bond motifs is 1. The number of aliphatic hydroxyl groups excluding tert-OH is 1. The molecule has 1 aliphatic rings. The van der Waals surface area contributed by atoms with E-state index in [2.05, 4.69) is 17.4 Å². The molecule has 1 atom stereocenters. The van der Waals surface area contributed by atoms with Crippen LogP contribution >= 0.6 is 0 Å². The second kappa shape index (κ2) is 7.36. The number of ether oxygens (including phenoxy) is 1. The molecule has 1 aliphatic carbocycles. The molecule has 1 unspecified atom stereocenters. The van der Waals surface area contributed by atoms with Crippen molar-refractivity contribution in [2.24, 2.45) is 0 Å². The normalized spacial score (nSPS) is 15.7. The van der Waals surface area contributed by atoms with Gasteiger partial charge in [0.25, 0.3) is 0 Å². The number of nitrogens with one attached hydrogen (secondary N) is 1. The Kier molecular flexibility index (Phi) is 5.01. The van der Waals surface area contributed by atoms with E-state index < -0.39 is 0 Å². The molecule has 0 saturated carbocycles. The van der Waals surface area contributed by atoms with Crippen LogP contribution in [0.3, 0.4) is 0 Å². The second-order valence-electron chi connectivity index (χ2n) is 5.83. The highest BCUT2D eigenvalue weighted by molar-refractivity contribution is 5.90. The molecule has 0 spiro atoms. The first-order chi connectivity index (χ1) is 11.7. The summed E-state index contributed by atoms with van der Waals surface area (Å²) >= 11 is 0. The number of carbonyl (C=O) groups excluding carboxylic acids is 1. The summed E-state index contributed by atoms with van der Waals surface area (Å²) in [6.45, 7) is 0.235. The lowest BCUT2D eigenvalue weighted by Crippen LogP contribution is -2.39. The Hall–Kier alpha value is -2.53. The Labute approximate surface area is 141 Å². The standard InChI is InChI=1S/C19H22N2O3/c1-24-16-7-4-6-15(13-16)20-19(23)21(11-12-22)18-10-9-14-5-2-3-8-17(14)18/h2-8,13,18,22H,9-12H2,1H3,(H,20,23). The Morgan fingerprint density at radius 1 is 1.29 bits per heavy atom. The molecular formula is C19H22N2O3. The number of amides is 2. The van der Waals surface area contributed by atoms with Gasteiger partial charge < -0.3 is 20.1 Å². The van der Waals surface area contributed by atoms with Crippen LogP contribution in [-0.2, 0) is 6.42 Å². The molecule has 2 aromatic carbocycles. The minimum absolute atomic E-state index is 0.000965. The van der Waals surface area contributed by atoms with E-state index in [1.165, 1.54) is 11.1 Å². The summed E-state index contributed by atoms with van der Waals surface area (Å²) in [4.78, 5) is 14.5. The highest BCUT2D eigenvalue weighted by atomic mass is 16.5. The molecule has 5 nitrogen and oxygen atoms in total. The van der Waals surface area contributed by atoms with Gasteiger partial charge in [-0.05, 0) is 36.1 Å². The first-order valence-corrected chi connectivity index (χ1v) is 8.13. The van der Waals surface area contributed by atoms with Crippen molar-refractivity contribution in [1.29, 1.82) is 0 Å². The molecule has 2 N–H and O–H groups in total. The third-order valence-electron chi connectivity index (χ3n) is 4.40. The van der Waals surface area contributed by atoms with E-state index in [9.17, 15) is 9.90 Å². The predicted molar refractivity (Wildman–Crippen MR) is 93.3 cm³/mol. The van der Waals surface area contributed by atoms with E-state index in [0.29, 0.717) is 18.0 Å². The van der Waals surface area contributed by atoms with Gasteiger partial charge in [-0.1, -0.05) is 30.3 Å². The van der Waals surface area contributed by atoms with Crippen molar-refractivity contribution in [3.63, 3.8) is 0 Å². The Bertz CT molecular complexity index is 717. The average molecular weight is 326 g/mol. The first-order valence-electron chi connectivity index (χ1n) is 8.13. The summed E-state index contributed by atoms with van der Waals surface area (Å²) in [7, 11) is 1.59. The van der Waals surface area contributed by atoms with Crippen LogP contribution < -0.4 is 10.1 Å². The summed E-state index contributed by atoms with van der Waals surface area (Å²) in [5, 5.41) is 12.3. The zero-order chi connectivity index (χ0) is 16.9. The molecule has 2 aromatic rings. The highest BCUT2D eigenvalue weighted by Gasteiger charge is 2.30. The van der Waals surface area contributed by atoms with Gasteiger partial charge in [-0.2, -0.15) is 0 Å². The molecule has 0 fully saturated rings. The van der Waals surface area contributed by atoms with Crippen molar-refractivity contribution >= 4 is 11.7 Å². The topological polar surface area (TPSA) is 61.8 Å². The van der Waals surface area contributed by atoms with Gasteiger partial charge in [0.05, 0.1) is 19.8 Å². The van der Waals surface area contributed by atoms with Gasteiger partial charge in [-0.3, -0.25) is 0 Å². The fraction of sp³-hybridized carbons (Fsp3) is 0.316. The molecule has 0 heterocycles. The number of aryl methyl sites for hydroxylation is 1. The number of nitrogens with zero attached hydrogens (tertiary/aromatic N) is 1. The fourth-order valence-corrected chi connectivity index (χ4v) is 3.26. The van der Waals surface area contributed by atoms with E-state index >= 15 is 0 Å². The zero-order valence-corrected chi connectivity index (χ0v) is 13.7. The Balaban J connectivity index is 1.79. The summed E-state index contributed by atoms with van der Waals surface area (Å²) in [5.74, 6) is 0.688. The van der Waals surface area contributed by atoms with Crippen LogP contribution in [0.2, 0.25) is 0 Å². The molecule has 2 amide bonds. The van der Waals surface area contributed by atoms with Gasteiger partial charge in [-0.25, -0.2) is 4.79 Å². The largest absolute Gasteiger partial charge is 0.497 e. The minimum Gasteiger partial charge on any atom is -0.497 e. The van der Waals surface area contributed by atoms with Gasteiger partial charge >= 0.3 is 6.03 Å². The quantitative estimate of drug-likeness (QED) is 0.887. The molecule has 0 bridgehead atoms. The number of methoxy groups -OCH3 is 1. The van der Waals surface area contributed by atoms with Gasteiger partial charge in [0.15, 0.2) is 0 Å². The summed E-state index contributed by atoms with van der Waals surface area (Å²) < 4.78 is 5.19. The van der Waals surface area contributed by atoms with Crippen LogP contribution in [0.5, 0.6) is 5.75 Å². The lowest BCUT2D eigenvalue weighted by molar-refractivity contribution is 0.162. The zero-order valence-electron chi connectivity index (χ0n) is 13.7. The molecule has 0 aliphatic heterocycles. The van der Waals surface area contributed by atoms with Crippen LogP contribution in [0.1, 0.15) is 23.6 Å². The maximum absolute atomic E-state index is 12.8. The van der Waals surface area contributed by atoms with Gasteiger partial charge in [0.1, 0.15) is 5.75 Å². The summed E-state index contributed by atoms with van der Waals surface area (Å²) in [5.41, 5.74) is 3.12. The van der Waals surface area contributed by atoms with Crippen LogP contribution in [0, 0.1) is 0 Å². The van der Waals surface area contributed by atoms with Crippen molar-refractivity contribution in [2.75, 3.05) is 25.6 Å². The van der Waals surface area contributed by atoms with Crippen molar-refractivity contribution in [3.8, 4) is 5.75 Å². The van der Waals surface area contributed by atoms with Crippen molar-refractivity contribution in [2.45, 2.75) is 18.9 Å². The lowest BCUT2D eigenvalue weighted by Gasteiger charge is -2.29. The number of hydrogen-bond acceptors (Lipinski definition) is 3. The van der Waals surface area contributed by atoms with Crippen LogP contribution in [0.15, 0.2) is 48.5 Å². The number of urea groups is 1. The van der Waals surface area contributed by atoms with Gasteiger partial charge in [0.2, 0.25) is 0 Å². The van der Waals surface area contributed by atoms with Crippen molar-refractivity contribution < 1.29 is 14.6 Å². The third kappa shape index (κ3) is 3.36. The predicted octanol–water partition coefficient (Wildman–Crippen LogP) is 3.21. The second-order valence-corrected chi connectivity index (χ2v) is 5.83. The highest BCUT2D eigenvalue weighted by Crippen LogP contribution is 2.35. The molecule has 0 radical (unpaired) electrons. The van der Waals surface area contributed by atoms with E-state index in [1.54, 1.807) is 18.1 Å². The summed E-state index contributed by atoms with van der Waals surface area (Å²) in [6, 6.07) is 15.2. The summed E-state index contributed by atoms with van der Waals surface area (Å²) in [6.07, 6.45) is 1.83. The molecule has 126 valence electrons. The van der Waals surface area contributed by atoms with E-state index in [-0.39, 0.29) is 18.7 Å². The Morgan fingerprint density at radius 2 is 2.12 bits per heavy atom. The maximum Gasteiger partial charge on any atom is 0.322 e. The SMILES string of the molecule is COc1cccc(NC(=O)N(CCO)C2CCc3ccccc32)c1. The van der Waals surface area contributed by atoms with E-state index in [0.717, 1.165) is 12.8 Å². The van der Waals surface area contributed by atoms with E-state index in [4.69, 9.17) is 4.74 Å². The van der Waals surface area contributed by atoms with Crippen molar-refractivity contribution in [1.82, 2.24) is 4.90 Å². The third-order valence-corrected chi connectivity index (χ3v) is 4.40. The first kappa shape index (κ1) is 16.3. The van der Waals surface area contributed by atoms with Crippen LogP contribution in [0.4, 0.5) is 10.5 Å². The smallest absolute Gasteiger partial charge is 0.322 e. The minimum atomic E-state index is -0.209. The molecule has 24 heavy (non-hydrogen) atoms. The molecular weight excluding hydrogens is 304 g/mol. The molecule has 0 saturated heterocycles. The van der Waals surface area contributed by atoms with Gasteiger partial charge in [0, 0.05) is 18.3 Å². The lowest BCUT2D eigenvalue weighted by atomic mass is 10.1. The van der Waals surface area contributed by atoms with Gasteiger partial charge in [-0.15, -0.1) is 0 Å². The Morgan fingerprint density at radius 3 is 2.92 bits per heavy atom. The van der Waals surface area contributed by atoms with E-state index in [1.807, 2.05) is 30.3 Å². The molecule has 5 heteroatoms. The number of aliphatic hydroxyl groups is 1. The monoisotopic (exact) mass is 326 g/mol.